The zero-order chi connectivity index (χ0) is 16.6. The summed E-state index contributed by atoms with van der Waals surface area (Å²) in [6.07, 6.45) is 0. The van der Waals surface area contributed by atoms with Gasteiger partial charge in [0.25, 0.3) is 11.6 Å². The third-order valence-electron chi connectivity index (χ3n) is 3.80. The van der Waals surface area contributed by atoms with Crippen LogP contribution < -0.4 is 4.74 Å². The number of amides is 1. The fourth-order valence-electron chi connectivity index (χ4n) is 2.66. The topological polar surface area (TPSA) is 72.7 Å². The Labute approximate surface area is 137 Å². The van der Waals surface area contributed by atoms with Crippen LogP contribution in [0.3, 0.4) is 0 Å². The predicted molar refractivity (Wildman–Crippen MR) is 84.7 cm³/mol. The molecule has 1 aliphatic heterocycles. The molecule has 2 aromatic rings. The normalized spacial score (nSPS) is 12.9. The van der Waals surface area contributed by atoms with Gasteiger partial charge in [0.2, 0.25) is 0 Å². The molecule has 23 heavy (non-hydrogen) atoms. The minimum atomic E-state index is -0.440. The van der Waals surface area contributed by atoms with E-state index in [2.05, 4.69) is 0 Å². The molecule has 0 saturated carbocycles. The van der Waals surface area contributed by atoms with E-state index in [0.29, 0.717) is 29.4 Å². The minimum Gasteiger partial charge on any atom is -0.496 e. The molecule has 2 aromatic carbocycles. The van der Waals surface area contributed by atoms with E-state index in [-0.39, 0.29) is 11.6 Å². The number of carbonyl (C=O) groups excluding carboxylic acids is 1. The Balaban J connectivity index is 1.88. The number of carbonyl (C=O) groups is 1. The molecule has 0 bridgehead atoms. The Morgan fingerprint density at radius 3 is 2.65 bits per heavy atom. The van der Waals surface area contributed by atoms with Crippen molar-refractivity contribution in [2.24, 2.45) is 0 Å². The highest BCUT2D eigenvalue weighted by Crippen LogP contribution is 2.30. The number of nitro benzene ring substituents is 1. The van der Waals surface area contributed by atoms with Crippen LogP contribution in [0.1, 0.15) is 21.5 Å². The number of rotatable bonds is 3. The van der Waals surface area contributed by atoms with Gasteiger partial charge in [0.15, 0.2) is 0 Å². The van der Waals surface area contributed by atoms with Crippen LogP contribution in [-0.4, -0.2) is 22.8 Å². The molecule has 0 aromatic heterocycles. The SMILES string of the molecule is COc1ccc(Cl)cc1C(=O)N1Cc2ccc([N+](=O)[O-])cc2C1. The van der Waals surface area contributed by atoms with Gasteiger partial charge in [-0.25, -0.2) is 0 Å². The van der Waals surface area contributed by atoms with Gasteiger partial charge < -0.3 is 9.64 Å². The van der Waals surface area contributed by atoms with E-state index >= 15 is 0 Å². The average Bonchev–Trinajstić information content (AvgIpc) is 2.97. The first kappa shape index (κ1) is 15.3. The van der Waals surface area contributed by atoms with Crippen molar-refractivity contribution in [3.63, 3.8) is 0 Å². The number of hydrogen-bond donors (Lipinski definition) is 0. The largest absolute Gasteiger partial charge is 0.496 e. The minimum absolute atomic E-state index is 0.0263. The molecule has 0 radical (unpaired) electrons. The third kappa shape index (κ3) is 2.85. The maximum absolute atomic E-state index is 12.7. The fraction of sp³-hybridized carbons (Fsp3) is 0.188. The number of benzene rings is 2. The first-order valence-corrected chi connectivity index (χ1v) is 7.26. The molecular weight excluding hydrogens is 320 g/mol. The molecule has 0 N–H and O–H groups in total. The Kier molecular flexibility index (Phi) is 3.92. The Morgan fingerprint density at radius 1 is 1.22 bits per heavy atom. The van der Waals surface area contributed by atoms with Gasteiger partial charge in [0.05, 0.1) is 17.6 Å². The summed E-state index contributed by atoms with van der Waals surface area (Å²) in [6.45, 7) is 0.730. The Bertz CT molecular complexity index is 807. The molecule has 1 aliphatic rings. The van der Waals surface area contributed by atoms with Crippen molar-refractivity contribution in [3.05, 3.63) is 68.2 Å². The lowest BCUT2D eigenvalue weighted by Crippen LogP contribution is -2.25. The monoisotopic (exact) mass is 332 g/mol. The van der Waals surface area contributed by atoms with Crippen LogP contribution in [0.4, 0.5) is 5.69 Å². The van der Waals surface area contributed by atoms with Crippen LogP contribution in [0.15, 0.2) is 36.4 Å². The predicted octanol–water partition coefficient (Wildman–Crippen LogP) is 3.41. The van der Waals surface area contributed by atoms with Crippen molar-refractivity contribution in [3.8, 4) is 5.75 Å². The standard InChI is InChI=1S/C16H13ClN2O4/c1-23-15-5-3-12(17)7-14(15)16(20)18-8-10-2-4-13(19(21)22)6-11(10)9-18/h2-7H,8-9H2,1H3. The molecular formula is C16H13ClN2O4. The zero-order valence-electron chi connectivity index (χ0n) is 12.3. The summed E-state index contributed by atoms with van der Waals surface area (Å²) in [5, 5.41) is 11.3. The van der Waals surface area contributed by atoms with Crippen LogP contribution in [0.5, 0.6) is 5.75 Å². The van der Waals surface area contributed by atoms with Crippen molar-refractivity contribution in [2.45, 2.75) is 13.1 Å². The summed E-state index contributed by atoms with van der Waals surface area (Å²) in [6, 6.07) is 9.51. The molecule has 0 aliphatic carbocycles. The molecule has 0 saturated heterocycles. The summed E-state index contributed by atoms with van der Waals surface area (Å²) in [7, 11) is 1.49. The number of methoxy groups -OCH3 is 1. The van der Waals surface area contributed by atoms with Crippen LogP contribution >= 0.6 is 11.6 Å². The van der Waals surface area contributed by atoms with E-state index < -0.39 is 4.92 Å². The molecule has 1 amide bonds. The molecule has 0 spiro atoms. The summed E-state index contributed by atoms with van der Waals surface area (Å²) in [5.41, 5.74) is 2.10. The molecule has 118 valence electrons. The van der Waals surface area contributed by atoms with Gasteiger partial charge >= 0.3 is 0 Å². The summed E-state index contributed by atoms with van der Waals surface area (Å²) < 4.78 is 5.21. The maximum Gasteiger partial charge on any atom is 0.269 e. The lowest BCUT2D eigenvalue weighted by Gasteiger charge is -2.17. The van der Waals surface area contributed by atoms with Crippen LogP contribution in [0.2, 0.25) is 5.02 Å². The fourth-order valence-corrected chi connectivity index (χ4v) is 2.83. The Morgan fingerprint density at radius 2 is 1.96 bits per heavy atom. The van der Waals surface area contributed by atoms with Crippen molar-refractivity contribution < 1.29 is 14.5 Å². The average molecular weight is 333 g/mol. The van der Waals surface area contributed by atoms with Gasteiger partial charge in [-0.3, -0.25) is 14.9 Å². The first-order valence-electron chi connectivity index (χ1n) is 6.88. The molecule has 0 fully saturated rings. The number of non-ortho nitro benzene ring substituents is 1. The molecule has 6 nitrogen and oxygen atoms in total. The van der Waals surface area contributed by atoms with Gasteiger partial charge in [0.1, 0.15) is 5.75 Å². The van der Waals surface area contributed by atoms with Crippen molar-refractivity contribution in [1.29, 1.82) is 0 Å². The molecule has 3 rings (SSSR count). The smallest absolute Gasteiger partial charge is 0.269 e. The van der Waals surface area contributed by atoms with E-state index in [9.17, 15) is 14.9 Å². The zero-order valence-corrected chi connectivity index (χ0v) is 13.0. The first-order chi connectivity index (χ1) is 11.0. The lowest BCUT2D eigenvalue weighted by molar-refractivity contribution is -0.384. The molecule has 0 unspecified atom stereocenters. The van der Waals surface area contributed by atoms with Crippen molar-refractivity contribution in [1.82, 2.24) is 4.90 Å². The number of fused-ring (bicyclic) bond motifs is 1. The molecule has 7 heteroatoms. The summed E-state index contributed by atoms with van der Waals surface area (Å²) >= 11 is 5.97. The van der Waals surface area contributed by atoms with Crippen LogP contribution in [0, 0.1) is 10.1 Å². The van der Waals surface area contributed by atoms with Crippen LogP contribution in [-0.2, 0) is 13.1 Å². The second-order valence-corrected chi connectivity index (χ2v) is 5.65. The van der Waals surface area contributed by atoms with Gasteiger partial charge in [-0.2, -0.15) is 0 Å². The van der Waals surface area contributed by atoms with Crippen molar-refractivity contribution >= 4 is 23.2 Å². The number of ether oxygens (including phenoxy) is 1. The van der Waals surface area contributed by atoms with Gasteiger partial charge in [-0.05, 0) is 29.3 Å². The van der Waals surface area contributed by atoms with Gasteiger partial charge in [-0.1, -0.05) is 17.7 Å². The van der Waals surface area contributed by atoms with E-state index in [1.165, 1.54) is 19.2 Å². The van der Waals surface area contributed by atoms with Gasteiger partial charge in [0, 0.05) is 30.2 Å². The quantitative estimate of drug-likeness (QED) is 0.637. The molecule has 0 atom stereocenters. The highest BCUT2D eigenvalue weighted by molar-refractivity contribution is 6.31. The number of nitrogens with zero attached hydrogens (tertiary/aromatic N) is 2. The van der Waals surface area contributed by atoms with E-state index in [0.717, 1.165) is 11.1 Å². The Hall–Kier alpha value is -2.60. The third-order valence-corrected chi connectivity index (χ3v) is 4.04. The second-order valence-electron chi connectivity index (χ2n) is 5.22. The number of halogens is 1. The second kappa shape index (κ2) is 5.89. The maximum atomic E-state index is 12.7. The lowest BCUT2D eigenvalue weighted by atomic mass is 10.1. The highest BCUT2D eigenvalue weighted by Gasteiger charge is 2.27. The number of nitro groups is 1. The van der Waals surface area contributed by atoms with Crippen molar-refractivity contribution in [2.75, 3.05) is 7.11 Å². The highest BCUT2D eigenvalue weighted by atomic mass is 35.5. The van der Waals surface area contributed by atoms with Gasteiger partial charge in [-0.15, -0.1) is 0 Å². The van der Waals surface area contributed by atoms with E-state index in [4.69, 9.17) is 16.3 Å². The van der Waals surface area contributed by atoms with E-state index in [1.807, 2.05) is 0 Å². The summed E-state index contributed by atoms with van der Waals surface area (Å²) in [4.78, 5) is 24.7. The number of hydrogen-bond acceptors (Lipinski definition) is 4. The van der Waals surface area contributed by atoms with E-state index in [1.54, 1.807) is 29.2 Å². The molecule has 1 heterocycles. The van der Waals surface area contributed by atoms with Crippen LogP contribution in [0.25, 0.3) is 0 Å². The summed E-state index contributed by atoms with van der Waals surface area (Å²) in [5.74, 6) is 0.226.